The second-order valence-electron chi connectivity index (χ2n) is 5.77. The maximum absolute atomic E-state index is 11.3. The van der Waals surface area contributed by atoms with Crippen molar-refractivity contribution >= 4 is 12.0 Å². The van der Waals surface area contributed by atoms with Gasteiger partial charge in [-0.1, -0.05) is 48.6 Å². The van der Waals surface area contributed by atoms with Gasteiger partial charge in [0.25, 0.3) is 0 Å². The molecule has 4 rings (SSSR count). The molecule has 0 radical (unpaired) electrons. The average Bonchev–Trinajstić information content (AvgIpc) is 3.11. The van der Waals surface area contributed by atoms with Crippen LogP contribution in [0.25, 0.3) is 17.2 Å². The average molecular weight is 282 g/mol. The Morgan fingerprint density at radius 3 is 2.64 bits per heavy atom. The summed E-state index contributed by atoms with van der Waals surface area (Å²) in [4.78, 5) is 11.3. The van der Waals surface area contributed by atoms with E-state index in [2.05, 4.69) is 18.2 Å². The first-order chi connectivity index (χ1) is 10.3. The van der Waals surface area contributed by atoms with Crippen LogP contribution in [0.3, 0.4) is 0 Å². The maximum Gasteiger partial charge on any atom is 1.00 e. The monoisotopic (exact) mass is 282 g/mol. The summed E-state index contributed by atoms with van der Waals surface area (Å²) < 4.78 is 0. The topological polar surface area (TPSA) is 40.1 Å². The van der Waals surface area contributed by atoms with E-state index >= 15 is 0 Å². The second kappa shape index (κ2) is 5.80. The molecule has 0 saturated carbocycles. The van der Waals surface area contributed by atoms with Crippen molar-refractivity contribution in [2.45, 2.75) is 25.2 Å². The molecule has 0 heterocycles. The summed E-state index contributed by atoms with van der Waals surface area (Å²) >= 11 is 0. The molecular formula is C19H15LiO2. The fraction of sp³-hybridized carbons (Fsp3) is 0.211. The number of carboxylic acids is 1. The maximum atomic E-state index is 11.3. The van der Waals surface area contributed by atoms with Crippen molar-refractivity contribution < 1.29 is 28.8 Å². The first kappa shape index (κ1) is 15.2. The number of aryl methyl sites for hydroxylation is 1. The van der Waals surface area contributed by atoms with Crippen LogP contribution < -0.4 is 24.0 Å². The van der Waals surface area contributed by atoms with Gasteiger partial charge < -0.3 is 9.90 Å². The first-order valence-corrected chi connectivity index (χ1v) is 7.39. The predicted octanol–water partition coefficient (Wildman–Crippen LogP) is -0.293. The summed E-state index contributed by atoms with van der Waals surface area (Å²) in [5, 5.41) is 11.3. The van der Waals surface area contributed by atoms with Gasteiger partial charge in [0.1, 0.15) is 0 Å². The molecule has 22 heavy (non-hydrogen) atoms. The Morgan fingerprint density at radius 1 is 1.14 bits per heavy atom. The molecular weight excluding hydrogens is 267 g/mol. The van der Waals surface area contributed by atoms with Crippen LogP contribution in [0.15, 0.2) is 42.5 Å². The van der Waals surface area contributed by atoms with Gasteiger partial charge in [-0.2, -0.15) is 0 Å². The molecule has 1 atom stereocenters. The van der Waals surface area contributed by atoms with Gasteiger partial charge in [0.05, 0.1) is 5.97 Å². The molecule has 0 spiro atoms. The molecule has 2 aromatic carbocycles. The normalized spacial score (nSPS) is 17.7. The summed E-state index contributed by atoms with van der Waals surface area (Å²) in [6.07, 6.45) is 6.98. The van der Waals surface area contributed by atoms with Gasteiger partial charge in [-0.15, -0.1) is 0 Å². The van der Waals surface area contributed by atoms with E-state index in [9.17, 15) is 9.90 Å². The quantitative estimate of drug-likeness (QED) is 0.710. The molecule has 2 aliphatic rings. The zero-order chi connectivity index (χ0) is 14.4. The van der Waals surface area contributed by atoms with Gasteiger partial charge in [-0.25, -0.2) is 0 Å². The van der Waals surface area contributed by atoms with Crippen molar-refractivity contribution in [3.8, 4) is 11.1 Å². The fourth-order valence-electron chi connectivity index (χ4n) is 3.66. The molecule has 0 fully saturated rings. The van der Waals surface area contributed by atoms with E-state index in [1.54, 1.807) is 6.08 Å². The standard InChI is InChI=1S/C19H16O2.Li/c20-19(21)16-10-9-15-17(16)11-13-7-4-8-14(13)18(15)12-5-2-1-3-6-12;/h1-3,5-6,9-11,16H,4,7-8H2,(H,20,21);/q;+1/p-1. The van der Waals surface area contributed by atoms with Crippen molar-refractivity contribution in [1.82, 2.24) is 0 Å². The predicted molar refractivity (Wildman–Crippen MR) is 80.7 cm³/mol. The van der Waals surface area contributed by atoms with Gasteiger partial charge in [0.2, 0.25) is 0 Å². The van der Waals surface area contributed by atoms with E-state index in [0.29, 0.717) is 0 Å². The van der Waals surface area contributed by atoms with Crippen LogP contribution in [-0.2, 0) is 17.6 Å². The second-order valence-corrected chi connectivity index (χ2v) is 5.77. The molecule has 2 aliphatic carbocycles. The van der Waals surface area contributed by atoms with E-state index in [-0.39, 0.29) is 18.9 Å². The van der Waals surface area contributed by atoms with E-state index in [1.807, 2.05) is 24.3 Å². The van der Waals surface area contributed by atoms with Crippen LogP contribution in [0, 0.1) is 0 Å². The number of carbonyl (C=O) groups is 1. The number of benzene rings is 2. The summed E-state index contributed by atoms with van der Waals surface area (Å²) in [5.41, 5.74) is 7.06. The molecule has 3 heteroatoms. The van der Waals surface area contributed by atoms with Gasteiger partial charge in [0.15, 0.2) is 0 Å². The Labute approximate surface area is 142 Å². The van der Waals surface area contributed by atoms with E-state index in [1.165, 1.54) is 22.3 Å². The number of aliphatic carboxylic acids is 1. The molecule has 2 nitrogen and oxygen atoms in total. The third kappa shape index (κ3) is 2.24. The molecule has 0 aromatic heterocycles. The molecule has 0 saturated heterocycles. The molecule has 0 amide bonds. The van der Waals surface area contributed by atoms with Crippen LogP contribution in [-0.4, -0.2) is 5.97 Å². The zero-order valence-corrected chi connectivity index (χ0v) is 12.6. The summed E-state index contributed by atoms with van der Waals surface area (Å²) in [6, 6.07) is 12.4. The third-order valence-electron chi connectivity index (χ3n) is 4.58. The van der Waals surface area contributed by atoms with Crippen LogP contribution in [0.2, 0.25) is 0 Å². The Morgan fingerprint density at radius 2 is 1.91 bits per heavy atom. The Kier molecular flexibility index (Phi) is 3.99. The smallest absolute Gasteiger partial charge is 0.549 e. The Bertz CT molecular complexity index is 763. The molecule has 0 N–H and O–H groups in total. The van der Waals surface area contributed by atoms with Crippen LogP contribution in [0.5, 0.6) is 0 Å². The van der Waals surface area contributed by atoms with Crippen molar-refractivity contribution in [3.05, 3.63) is 64.7 Å². The van der Waals surface area contributed by atoms with E-state index < -0.39 is 11.9 Å². The SMILES string of the molecule is O=C([O-])C1C=Cc2c1cc1c(c2-c2ccccc2)CCC1.[Li+]. The van der Waals surface area contributed by atoms with E-state index in [4.69, 9.17) is 0 Å². The van der Waals surface area contributed by atoms with Crippen molar-refractivity contribution in [2.75, 3.05) is 0 Å². The van der Waals surface area contributed by atoms with Gasteiger partial charge in [0, 0.05) is 5.92 Å². The number of hydrogen-bond acceptors (Lipinski definition) is 2. The molecule has 1 unspecified atom stereocenters. The number of hydrogen-bond donors (Lipinski definition) is 0. The zero-order valence-electron chi connectivity index (χ0n) is 12.6. The van der Waals surface area contributed by atoms with Crippen LogP contribution in [0.1, 0.15) is 34.6 Å². The number of fused-ring (bicyclic) bond motifs is 2. The van der Waals surface area contributed by atoms with Crippen molar-refractivity contribution in [1.29, 1.82) is 0 Å². The number of carbonyl (C=O) groups excluding carboxylic acids is 1. The van der Waals surface area contributed by atoms with E-state index in [0.717, 1.165) is 30.4 Å². The molecule has 104 valence electrons. The van der Waals surface area contributed by atoms with Crippen molar-refractivity contribution in [2.24, 2.45) is 0 Å². The molecule has 2 aromatic rings. The Balaban J connectivity index is 0.00000144. The minimum Gasteiger partial charge on any atom is -0.549 e. The minimum absolute atomic E-state index is 0. The molecule has 0 bridgehead atoms. The number of carboxylic acid groups (broad SMARTS) is 1. The van der Waals surface area contributed by atoms with Crippen molar-refractivity contribution in [3.63, 3.8) is 0 Å². The largest absolute Gasteiger partial charge is 1.00 e. The summed E-state index contributed by atoms with van der Waals surface area (Å²) in [5.74, 6) is -1.62. The Hall–Kier alpha value is -1.75. The fourth-order valence-corrected chi connectivity index (χ4v) is 3.66. The minimum atomic E-state index is -1.01. The first-order valence-electron chi connectivity index (χ1n) is 7.39. The van der Waals surface area contributed by atoms with Gasteiger partial charge in [-0.3, -0.25) is 0 Å². The summed E-state index contributed by atoms with van der Waals surface area (Å²) in [7, 11) is 0. The third-order valence-corrected chi connectivity index (χ3v) is 4.58. The van der Waals surface area contributed by atoms with Gasteiger partial charge in [-0.05, 0) is 52.6 Å². The van der Waals surface area contributed by atoms with Crippen LogP contribution in [0.4, 0.5) is 0 Å². The number of rotatable bonds is 2. The van der Waals surface area contributed by atoms with Gasteiger partial charge >= 0.3 is 18.9 Å². The summed E-state index contributed by atoms with van der Waals surface area (Å²) in [6.45, 7) is 0. The van der Waals surface area contributed by atoms with Crippen LogP contribution >= 0.6 is 0 Å². The molecule has 0 aliphatic heterocycles.